The monoisotopic (exact) mass is 516 g/mol. The van der Waals surface area contributed by atoms with Gasteiger partial charge in [0.15, 0.2) is 5.54 Å². The molecule has 0 aromatic heterocycles. The number of carbonyl (C=O) groups excluding carboxylic acids is 3. The predicted octanol–water partition coefficient (Wildman–Crippen LogP) is 3.91. The van der Waals surface area contributed by atoms with Gasteiger partial charge in [0.05, 0.1) is 17.4 Å². The number of rotatable bonds is 6. The van der Waals surface area contributed by atoms with E-state index in [4.69, 9.17) is 9.47 Å². The van der Waals surface area contributed by atoms with Crippen molar-refractivity contribution in [3.63, 3.8) is 0 Å². The molecule has 8 heteroatoms. The molecule has 4 aliphatic heterocycles. The Morgan fingerprint density at radius 3 is 2.74 bits per heavy atom. The summed E-state index contributed by atoms with van der Waals surface area (Å²) in [4.78, 5) is 45.0. The van der Waals surface area contributed by atoms with Gasteiger partial charge in [0.25, 0.3) is 17.6 Å². The Bertz CT molecular complexity index is 1360. The van der Waals surface area contributed by atoms with Crippen molar-refractivity contribution in [2.45, 2.75) is 63.7 Å². The van der Waals surface area contributed by atoms with Gasteiger partial charge in [0, 0.05) is 37.2 Å². The molecule has 1 N–H and O–H groups in total. The summed E-state index contributed by atoms with van der Waals surface area (Å²) < 4.78 is 11.6. The van der Waals surface area contributed by atoms with Crippen molar-refractivity contribution in [1.82, 2.24) is 4.90 Å². The molecule has 4 aliphatic rings. The Morgan fingerprint density at radius 2 is 1.97 bits per heavy atom. The first-order valence-electron chi connectivity index (χ1n) is 13.5. The quantitative estimate of drug-likeness (QED) is 0.355. The summed E-state index contributed by atoms with van der Waals surface area (Å²) in [6, 6.07) is 12.5. The number of Topliss-reactive ketones (excluding diaryl/α,β-unsaturated/α-hetero) is 1. The van der Waals surface area contributed by atoms with E-state index in [1.807, 2.05) is 26.0 Å². The molecular weight excluding hydrogens is 484 g/mol. The molecule has 8 nitrogen and oxygen atoms in total. The van der Waals surface area contributed by atoms with Crippen LogP contribution in [0.3, 0.4) is 0 Å². The molecule has 2 amide bonds. The fourth-order valence-electron chi connectivity index (χ4n) is 6.36. The maximum Gasteiger partial charge on any atom is 0.296 e. The van der Waals surface area contributed by atoms with Crippen molar-refractivity contribution in [3.05, 3.63) is 64.7 Å². The fraction of sp³-hybridized carbons (Fsp3) is 0.433. The zero-order chi connectivity index (χ0) is 26.6. The largest absolute Gasteiger partial charge is 0.507 e. The van der Waals surface area contributed by atoms with Gasteiger partial charge in [-0.05, 0) is 56.0 Å². The summed E-state index contributed by atoms with van der Waals surface area (Å²) in [5.41, 5.74) is 0.561. The molecule has 2 aromatic carbocycles. The van der Waals surface area contributed by atoms with Gasteiger partial charge in [-0.15, -0.1) is 0 Å². The molecule has 2 fully saturated rings. The minimum Gasteiger partial charge on any atom is -0.507 e. The van der Waals surface area contributed by atoms with E-state index >= 15 is 0 Å². The lowest BCUT2D eigenvalue weighted by atomic mass is 9.81. The van der Waals surface area contributed by atoms with Gasteiger partial charge in [0.1, 0.15) is 17.6 Å². The van der Waals surface area contributed by atoms with Crippen LogP contribution in [-0.2, 0) is 31.1 Å². The number of ether oxygens (including phenoxy) is 2. The summed E-state index contributed by atoms with van der Waals surface area (Å²) in [5.74, 6) is -1.65. The first-order valence-corrected chi connectivity index (χ1v) is 13.5. The Labute approximate surface area is 221 Å². The van der Waals surface area contributed by atoms with Crippen LogP contribution < -0.4 is 9.64 Å². The number of hydrogen-bond donors (Lipinski definition) is 1. The number of hydrogen-bond acceptors (Lipinski definition) is 6. The average Bonchev–Trinajstić information content (AvgIpc) is 3.66. The number of carbonyl (C=O) groups is 3. The van der Waals surface area contributed by atoms with Crippen LogP contribution in [-0.4, -0.2) is 59.5 Å². The standard InChI is InChI=1S/C30H32N2O6/c1-3-4-13-31-23-10-6-5-9-22(23)30(29(31)36)25(27(34)28(35)32(30)17-21-8-7-14-37-21)26(33)19-11-12-24-20(16-19)15-18(2)38-24/h5-6,9-12,16,18,21,33H,3-4,7-8,13-15,17H2,1-2H3/b26-25+. The molecule has 198 valence electrons. The van der Waals surface area contributed by atoms with E-state index in [2.05, 4.69) is 0 Å². The zero-order valence-electron chi connectivity index (χ0n) is 21.7. The number of amides is 2. The number of para-hydroxylation sites is 1. The second kappa shape index (κ2) is 9.27. The number of anilines is 1. The topological polar surface area (TPSA) is 96.4 Å². The minimum absolute atomic E-state index is 0.00777. The van der Waals surface area contributed by atoms with Crippen LogP contribution in [0.15, 0.2) is 48.0 Å². The molecule has 0 aliphatic carbocycles. The van der Waals surface area contributed by atoms with Crippen LogP contribution in [0.25, 0.3) is 5.76 Å². The van der Waals surface area contributed by atoms with Crippen LogP contribution in [0.2, 0.25) is 0 Å². The SMILES string of the molecule is CCCCN1C(=O)C2(/C(=C(/O)c3ccc4c(c3)CC(C)O4)C(=O)C(=O)N2CC2CCCO2)c2ccccc21. The molecule has 6 rings (SSSR count). The van der Waals surface area contributed by atoms with Crippen molar-refractivity contribution < 1.29 is 29.0 Å². The van der Waals surface area contributed by atoms with Crippen molar-refractivity contribution >= 4 is 29.0 Å². The highest BCUT2D eigenvalue weighted by molar-refractivity contribution is 6.50. The number of ketones is 1. The molecule has 0 bridgehead atoms. The first kappa shape index (κ1) is 24.7. The first-order chi connectivity index (χ1) is 18.4. The van der Waals surface area contributed by atoms with Gasteiger partial charge in [-0.2, -0.15) is 0 Å². The van der Waals surface area contributed by atoms with Gasteiger partial charge >= 0.3 is 0 Å². The van der Waals surface area contributed by atoms with Crippen LogP contribution in [0, 0.1) is 0 Å². The van der Waals surface area contributed by atoms with E-state index in [0.29, 0.717) is 36.4 Å². The van der Waals surface area contributed by atoms with Gasteiger partial charge in [-0.1, -0.05) is 31.5 Å². The van der Waals surface area contributed by atoms with Gasteiger partial charge in [-0.3, -0.25) is 14.4 Å². The summed E-state index contributed by atoms with van der Waals surface area (Å²) in [7, 11) is 0. The number of aliphatic hydroxyl groups is 1. The summed E-state index contributed by atoms with van der Waals surface area (Å²) in [6.45, 7) is 5.13. The molecule has 0 radical (unpaired) electrons. The van der Waals surface area contributed by atoms with E-state index in [1.54, 1.807) is 35.2 Å². The van der Waals surface area contributed by atoms with E-state index in [9.17, 15) is 19.5 Å². The number of fused-ring (bicyclic) bond motifs is 3. The average molecular weight is 517 g/mol. The maximum absolute atomic E-state index is 14.5. The van der Waals surface area contributed by atoms with Crippen molar-refractivity contribution in [3.8, 4) is 5.75 Å². The third kappa shape index (κ3) is 3.50. The molecule has 0 saturated carbocycles. The lowest BCUT2D eigenvalue weighted by molar-refractivity contribution is -0.145. The molecule has 3 atom stereocenters. The van der Waals surface area contributed by atoms with Crippen LogP contribution in [0.5, 0.6) is 5.75 Å². The van der Waals surface area contributed by atoms with Crippen LogP contribution >= 0.6 is 0 Å². The summed E-state index contributed by atoms with van der Waals surface area (Å²) in [5, 5.41) is 11.8. The number of nitrogens with zero attached hydrogens (tertiary/aromatic N) is 2. The highest BCUT2D eigenvalue weighted by atomic mass is 16.5. The van der Waals surface area contributed by atoms with E-state index in [0.717, 1.165) is 37.0 Å². The lowest BCUT2D eigenvalue weighted by Gasteiger charge is -2.35. The molecule has 3 unspecified atom stereocenters. The van der Waals surface area contributed by atoms with Crippen molar-refractivity contribution in [2.24, 2.45) is 0 Å². The van der Waals surface area contributed by atoms with Crippen LogP contribution in [0.1, 0.15) is 56.2 Å². The third-order valence-electron chi connectivity index (χ3n) is 8.12. The third-order valence-corrected chi connectivity index (χ3v) is 8.12. The maximum atomic E-state index is 14.5. The highest BCUT2D eigenvalue weighted by Crippen LogP contribution is 2.54. The summed E-state index contributed by atoms with van der Waals surface area (Å²) >= 11 is 0. The molecule has 4 heterocycles. The number of likely N-dealkylation sites (tertiary alicyclic amines) is 1. The second-order valence-electron chi connectivity index (χ2n) is 10.6. The van der Waals surface area contributed by atoms with Crippen LogP contribution in [0.4, 0.5) is 5.69 Å². The predicted molar refractivity (Wildman–Crippen MR) is 141 cm³/mol. The Hall–Kier alpha value is -3.65. The number of aliphatic hydroxyl groups excluding tert-OH is 1. The Morgan fingerprint density at radius 1 is 1.16 bits per heavy atom. The minimum atomic E-state index is -1.75. The number of unbranched alkanes of at least 4 members (excludes halogenated alkanes) is 1. The molecule has 2 saturated heterocycles. The second-order valence-corrected chi connectivity index (χ2v) is 10.6. The van der Waals surface area contributed by atoms with E-state index < -0.39 is 17.2 Å². The lowest BCUT2D eigenvalue weighted by Crippen LogP contribution is -2.54. The van der Waals surface area contributed by atoms with E-state index in [1.165, 1.54) is 4.90 Å². The molecular formula is C30H32N2O6. The highest BCUT2D eigenvalue weighted by Gasteiger charge is 2.67. The normalized spacial score (nSPS) is 27.4. The van der Waals surface area contributed by atoms with Crippen molar-refractivity contribution in [2.75, 3.05) is 24.6 Å². The fourth-order valence-corrected chi connectivity index (χ4v) is 6.36. The molecule has 2 aromatic rings. The van der Waals surface area contributed by atoms with Crippen molar-refractivity contribution in [1.29, 1.82) is 0 Å². The van der Waals surface area contributed by atoms with Gasteiger partial charge in [0.2, 0.25) is 0 Å². The van der Waals surface area contributed by atoms with Gasteiger partial charge < -0.3 is 24.4 Å². The molecule has 1 spiro atoms. The van der Waals surface area contributed by atoms with E-state index in [-0.39, 0.29) is 36.0 Å². The Kier molecular flexibility index (Phi) is 6.02. The zero-order valence-corrected chi connectivity index (χ0v) is 21.7. The Balaban J connectivity index is 1.57. The summed E-state index contributed by atoms with van der Waals surface area (Å²) in [6.07, 6.45) is 3.61. The van der Waals surface area contributed by atoms with Gasteiger partial charge in [-0.25, -0.2) is 0 Å². The molecule has 38 heavy (non-hydrogen) atoms. The number of benzene rings is 2. The smallest absolute Gasteiger partial charge is 0.296 e.